The predicted octanol–water partition coefficient (Wildman–Crippen LogP) is 3.14. The van der Waals surface area contributed by atoms with Gasteiger partial charge in [0.05, 0.1) is 11.9 Å². The van der Waals surface area contributed by atoms with Crippen molar-refractivity contribution in [2.75, 3.05) is 24.5 Å². The molecule has 2 heterocycles. The summed E-state index contributed by atoms with van der Waals surface area (Å²) in [5, 5.41) is 3.32. The van der Waals surface area contributed by atoms with E-state index < -0.39 is 0 Å². The van der Waals surface area contributed by atoms with Gasteiger partial charge in [0.25, 0.3) is 0 Å². The van der Waals surface area contributed by atoms with Crippen molar-refractivity contribution in [2.24, 2.45) is 5.41 Å². The molecule has 21 heavy (non-hydrogen) atoms. The van der Waals surface area contributed by atoms with Gasteiger partial charge in [-0.05, 0) is 37.6 Å². The van der Waals surface area contributed by atoms with E-state index in [1.54, 1.807) is 0 Å². The van der Waals surface area contributed by atoms with E-state index in [0.717, 1.165) is 37.7 Å². The lowest BCUT2D eigenvalue weighted by Gasteiger charge is -2.44. The molecule has 4 nitrogen and oxygen atoms in total. The quantitative estimate of drug-likeness (QED) is 0.924. The van der Waals surface area contributed by atoms with Crippen LogP contribution in [-0.4, -0.2) is 29.6 Å². The van der Waals surface area contributed by atoms with Crippen molar-refractivity contribution in [2.45, 2.75) is 58.4 Å². The third kappa shape index (κ3) is 3.54. The number of anilines is 1. The van der Waals surface area contributed by atoms with Crippen LogP contribution in [0.2, 0.25) is 0 Å². The summed E-state index contributed by atoms with van der Waals surface area (Å²) >= 11 is 0. The fraction of sp³-hybridized carbons (Fsp3) is 0.765. The number of hydrogen-bond donors (Lipinski definition) is 1. The van der Waals surface area contributed by atoms with Crippen molar-refractivity contribution in [3.63, 3.8) is 0 Å². The molecule has 0 bridgehead atoms. The second kappa shape index (κ2) is 6.73. The number of hydrogen-bond acceptors (Lipinski definition) is 4. The fourth-order valence-corrected chi connectivity index (χ4v) is 3.90. The predicted molar refractivity (Wildman–Crippen MR) is 86.4 cm³/mol. The Morgan fingerprint density at radius 3 is 2.57 bits per heavy atom. The van der Waals surface area contributed by atoms with Gasteiger partial charge < -0.3 is 10.2 Å². The minimum atomic E-state index is 0.656. The third-order valence-electron chi connectivity index (χ3n) is 5.29. The number of nitrogens with zero attached hydrogens (tertiary/aromatic N) is 3. The zero-order chi connectivity index (χ0) is 14.5. The van der Waals surface area contributed by atoms with Crippen LogP contribution in [0.1, 0.15) is 57.6 Å². The molecule has 116 valence electrons. The topological polar surface area (TPSA) is 41.1 Å². The Labute approximate surface area is 128 Å². The number of aromatic nitrogens is 2. The number of piperidine rings is 1. The Hall–Kier alpha value is -1.16. The molecule has 3 rings (SSSR count). The highest BCUT2D eigenvalue weighted by Crippen LogP contribution is 2.44. The molecule has 0 aromatic carbocycles. The molecule has 1 aliphatic heterocycles. The Morgan fingerprint density at radius 2 is 1.86 bits per heavy atom. The Kier molecular flexibility index (Phi) is 4.73. The highest BCUT2D eigenvalue weighted by molar-refractivity contribution is 5.37. The van der Waals surface area contributed by atoms with Crippen molar-refractivity contribution in [3.8, 4) is 0 Å². The number of rotatable bonds is 4. The van der Waals surface area contributed by atoms with Crippen LogP contribution in [0.15, 0.2) is 12.4 Å². The summed E-state index contributed by atoms with van der Waals surface area (Å²) in [5.74, 6) is 1.07. The first-order chi connectivity index (χ1) is 10.3. The summed E-state index contributed by atoms with van der Waals surface area (Å²) in [6, 6.07) is 0. The maximum atomic E-state index is 4.77. The molecule has 1 N–H and O–H groups in total. The second-order valence-corrected chi connectivity index (χ2v) is 6.70. The molecule has 0 atom stereocenters. The van der Waals surface area contributed by atoms with Crippen LogP contribution in [0.4, 0.5) is 5.82 Å². The molecular formula is C17H28N4. The van der Waals surface area contributed by atoms with Gasteiger partial charge >= 0.3 is 0 Å². The molecule has 1 aromatic heterocycles. The molecule has 2 aliphatic rings. The first kappa shape index (κ1) is 14.8. The molecule has 1 aromatic rings. The van der Waals surface area contributed by atoms with Gasteiger partial charge in [0.2, 0.25) is 0 Å². The van der Waals surface area contributed by atoms with Crippen LogP contribution < -0.4 is 10.2 Å². The zero-order valence-electron chi connectivity index (χ0n) is 13.3. The molecule has 4 heteroatoms. The van der Waals surface area contributed by atoms with Crippen molar-refractivity contribution < 1.29 is 0 Å². The van der Waals surface area contributed by atoms with Crippen molar-refractivity contribution in [1.82, 2.24) is 15.3 Å². The SMILES string of the molecule is CCNCc1cncc(N2CCC3(CCCCC3)CC2)n1. The monoisotopic (exact) mass is 288 g/mol. The standard InChI is InChI=1S/C17H28N4/c1-2-18-12-15-13-19-14-16(20-15)21-10-8-17(9-11-21)6-4-3-5-7-17/h13-14,18H,2-12H2,1H3. The molecule has 1 saturated heterocycles. The van der Waals surface area contributed by atoms with E-state index in [1.807, 2.05) is 12.4 Å². The normalized spacial score (nSPS) is 21.7. The summed E-state index contributed by atoms with van der Waals surface area (Å²) in [4.78, 5) is 11.6. The molecule has 1 aliphatic carbocycles. The Balaban J connectivity index is 1.61. The summed E-state index contributed by atoms with van der Waals surface area (Å²) < 4.78 is 0. The van der Waals surface area contributed by atoms with E-state index in [1.165, 1.54) is 44.9 Å². The Morgan fingerprint density at radius 1 is 1.10 bits per heavy atom. The first-order valence-electron chi connectivity index (χ1n) is 8.58. The third-order valence-corrected chi connectivity index (χ3v) is 5.29. The van der Waals surface area contributed by atoms with Crippen LogP contribution in [0, 0.1) is 5.41 Å². The van der Waals surface area contributed by atoms with E-state index in [2.05, 4.69) is 22.1 Å². The van der Waals surface area contributed by atoms with Crippen LogP contribution in [0.5, 0.6) is 0 Å². The van der Waals surface area contributed by atoms with E-state index in [9.17, 15) is 0 Å². The summed E-state index contributed by atoms with van der Waals surface area (Å²) in [7, 11) is 0. The molecule has 2 fully saturated rings. The molecular weight excluding hydrogens is 260 g/mol. The van der Waals surface area contributed by atoms with Gasteiger partial charge in [0, 0.05) is 25.8 Å². The Bertz CT molecular complexity index is 444. The van der Waals surface area contributed by atoms with Gasteiger partial charge in [-0.2, -0.15) is 0 Å². The lowest BCUT2D eigenvalue weighted by molar-refractivity contribution is 0.144. The summed E-state index contributed by atoms with van der Waals surface area (Å²) in [5.41, 5.74) is 1.70. The molecule has 0 unspecified atom stereocenters. The van der Waals surface area contributed by atoms with Gasteiger partial charge in [0.15, 0.2) is 0 Å². The fourth-order valence-electron chi connectivity index (χ4n) is 3.90. The molecule has 1 saturated carbocycles. The van der Waals surface area contributed by atoms with Gasteiger partial charge in [-0.15, -0.1) is 0 Å². The highest BCUT2D eigenvalue weighted by atomic mass is 15.2. The largest absolute Gasteiger partial charge is 0.355 e. The lowest BCUT2D eigenvalue weighted by Crippen LogP contribution is -2.41. The van der Waals surface area contributed by atoms with E-state index in [-0.39, 0.29) is 0 Å². The van der Waals surface area contributed by atoms with Gasteiger partial charge in [-0.25, -0.2) is 4.98 Å². The molecule has 0 amide bonds. The minimum absolute atomic E-state index is 0.656. The first-order valence-corrected chi connectivity index (χ1v) is 8.58. The maximum Gasteiger partial charge on any atom is 0.147 e. The smallest absolute Gasteiger partial charge is 0.147 e. The summed E-state index contributed by atoms with van der Waals surface area (Å²) in [6.45, 7) is 6.21. The minimum Gasteiger partial charge on any atom is -0.355 e. The number of nitrogens with one attached hydrogen (secondary N) is 1. The maximum absolute atomic E-state index is 4.77. The van der Waals surface area contributed by atoms with Crippen LogP contribution in [0.3, 0.4) is 0 Å². The second-order valence-electron chi connectivity index (χ2n) is 6.70. The van der Waals surface area contributed by atoms with Crippen LogP contribution in [0.25, 0.3) is 0 Å². The average molecular weight is 288 g/mol. The lowest BCUT2D eigenvalue weighted by atomic mass is 9.68. The van der Waals surface area contributed by atoms with Gasteiger partial charge in [-0.3, -0.25) is 4.98 Å². The van der Waals surface area contributed by atoms with Crippen molar-refractivity contribution >= 4 is 5.82 Å². The molecule has 1 spiro atoms. The summed E-state index contributed by atoms with van der Waals surface area (Å²) in [6.07, 6.45) is 13.7. The zero-order valence-corrected chi connectivity index (χ0v) is 13.3. The van der Waals surface area contributed by atoms with Gasteiger partial charge in [0.1, 0.15) is 5.82 Å². The van der Waals surface area contributed by atoms with Crippen molar-refractivity contribution in [1.29, 1.82) is 0 Å². The van der Waals surface area contributed by atoms with Crippen LogP contribution in [-0.2, 0) is 6.54 Å². The van der Waals surface area contributed by atoms with Gasteiger partial charge in [-0.1, -0.05) is 26.2 Å². The van der Waals surface area contributed by atoms with E-state index >= 15 is 0 Å². The molecule has 0 radical (unpaired) electrons. The van der Waals surface area contributed by atoms with Crippen molar-refractivity contribution in [3.05, 3.63) is 18.1 Å². The van der Waals surface area contributed by atoms with Crippen LogP contribution >= 0.6 is 0 Å². The average Bonchev–Trinajstić information content (AvgIpc) is 2.55. The van der Waals surface area contributed by atoms with E-state index in [0.29, 0.717) is 5.41 Å². The van der Waals surface area contributed by atoms with E-state index in [4.69, 9.17) is 4.98 Å². The highest BCUT2D eigenvalue weighted by Gasteiger charge is 2.35.